The molecule has 2 aromatic rings. The minimum atomic E-state index is -0.156. The van der Waals surface area contributed by atoms with Gasteiger partial charge in [0.1, 0.15) is 5.75 Å². The summed E-state index contributed by atoms with van der Waals surface area (Å²) in [7, 11) is 1.63. The molecule has 0 aliphatic carbocycles. The maximum Gasteiger partial charge on any atom is 0.248 e. The fraction of sp³-hybridized carbons (Fsp3) is 0.250. The molecule has 1 fully saturated rings. The molecule has 3 rings (SSSR count). The quantitative estimate of drug-likeness (QED) is 0.851. The molecule has 1 saturated heterocycles. The number of nitrogens with one attached hydrogen (secondary N) is 1. The number of methoxy groups -OCH3 is 1. The van der Waals surface area contributed by atoms with Gasteiger partial charge in [0.25, 0.3) is 0 Å². The number of hydrogen-bond donors (Lipinski definition) is 1. The van der Waals surface area contributed by atoms with E-state index in [1.165, 1.54) is 6.08 Å². The smallest absolute Gasteiger partial charge is 0.248 e. The van der Waals surface area contributed by atoms with Crippen molar-refractivity contribution in [2.75, 3.05) is 43.6 Å². The number of anilines is 2. The summed E-state index contributed by atoms with van der Waals surface area (Å²) < 4.78 is 10.5. The van der Waals surface area contributed by atoms with E-state index in [2.05, 4.69) is 10.2 Å². The third kappa shape index (κ3) is 4.61. The number of amides is 1. The molecule has 2 aromatic carbocycles. The number of rotatable bonds is 5. The van der Waals surface area contributed by atoms with Gasteiger partial charge in [-0.15, -0.1) is 0 Å². The van der Waals surface area contributed by atoms with Crippen LogP contribution in [0.15, 0.2) is 54.6 Å². The molecule has 0 radical (unpaired) electrons. The predicted molar refractivity (Wildman–Crippen MR) is 100 cm³/mol. The minimum absolute atomic E-state index is 0.156. The van der Waals surface area contributed by atoms with Crippen molar-refractivity contribution < 1.29 is 14.3 Å². The molecule has 5 nitrogen and oxygen atoms in total. The van der Waals surface area contributed by atoms with E-state index in [0.29, 0.717) is 13.2 Å². The lowest BCUT2D eigenvalue weighted by molar-refractivity contribution is -0.111. The number of morpholine rings is 1. The summed E-state index contributed by atoms with van der Waals surface area (Å²) in [5.41, 5.74) is 2.78. The molecule has 5 heteroatoms. The van der Waals surface area contributed by atoms with E-state index in [-0.39, 0.29) is 5.91 Å². The van der Waals surface area contributed by atoms with Crippen LogP contribution in [0.5, 0.6) is 5.75 Å². The van der Waals surface area contributed by atoms with Crippen LogP contribution in [0.2, 0.25) is 0 Å². The highest BCUT2D eigenvalue weighted by molar-refractivity contribution is 6.03. The lowest BCUT2D eigenvalue weighted by Gasteiger charge is -2.30. The average Bonchev–Trinajstić information content (AvgIpc) is 2.68. The zero-order valence-corrected chi connectivity index (χ0v) is 14.3. The molecular formula is C20H22N2O3. The van der Waals surface area contributed by atoms with Crippen LogP contribution >= 0.6 is 0 Å². The van der Waals surface area contributed by atoms with Crippen LogP contribution in [-0.2, 0) is 9.53 Å². The van der Waals surface area contributed by atoms with E-state index < -0.39 is 0 Å². The van der Waals surface area contributed by atoms with Crippen molar-refractivity contribution in [3.05, 3.63) is 60.2 Å². The summed E-state index contributed by atoms with van der Waals surface area (Å²) >= 11 is 0. The van der Waals surface area contributed by atoms with Crippen LogP contribution in [0.25, 0.3) is 6.08 Å². The number of para-hydroxylation sites is 2. The second-order valence-electron chi connectivity index (χ2n) is 5.71. The Morgan fingerprint density at radius 1 is 1.12 bits per heavy atom. The van der Waals surface area contributed by atoms with Gasteiger partial charge in [0.05, 0.1) is 31.7 Å². The molecular weight excluding hydrogens is 316 g/mol. The van der Waals surface area contributed by atoms with Gasteiger partial charge in [-0.25, -0.2) is 0 Å². The molecule has 0 atom stereocenters. The first-order chi connectivity index (χ1) is 12.3. The topological polar surface area (TPSA) is 50.8 Å². The van der Waals surface area contributed by atoms with Crippen LogP contribution < -0.4 is 15.0 Å². The van der Waals surface area contributed by atoms with Crippen LogP contribution in [-0.4, -0.2) is 39.3 Å². The van der Waals surface area contributed by atoms with E-state index in [1.54, 1.807) is 13.2 Å². The Morgan fingerprint density at radius 3 is 2.56 bits per heavy atom. The Morgan fingerprint density at radius 2 is 1.84 bits per heavy atom. The first kappa shape index (κ1) is 17.0. The van der Waals surface area contributed by atoms with Crippen molar-refractivity contribution in [1.29, 1.82) is 0 Å². The highest BCUT2D eigenvalue weighted by atomic mass is 16.5. The van der Waals surface area contributed by atoms with E-state index in [1.807, 2.05) is 48.5 Å². The summed E-state index contributed by atoms with van der Waals surface area (Å²) in [4.78, 5) is 14.5. The van der Waals surface area contributed by atoms with Gasteiger partial charge in [0, 0.05) is 19.2 Å². The largest absolute Gasteiger partial charge is 0.497 e. The number of benzene rings is 2. The van der Waals surface area contributed by atoms with Crippen molar-refractivity contribution >= 4 is 23.4 Å². The monoisotopic (exact) mass is 338 g/mol. The molecule has 25 heavy (non-hydrogen) atoms. The third-order valence-corrected chi connectivity index (χ3v) is 4.06. The van der Waals surface area contributed by atoms with Crippen LogP contribution in [0.1, 0.15) is 5.56 Å². The first-order valence-electron chi connectivity index (χ1n) is 8.31. The fourth-order valence-electron chi connectivity index (χ4n) is 2.72. The maximum absolute atomic E-state index is 12.3. The second-order valence-corrected chi connectivity index (χ2v) is 5.71. The van der Waals surface area contributed by atoms with E-state index in [9.17, 15) is 4.79 Å². The van der Waals surface area contributed by atoms with Gasteiger partial charge < -0.3 is 19.7 Å². The highest BCUT2D eigenvalue weighted by Gasteiger charge is 2.15. The lowest BCUT2D eigenvalue weighted by Crippen LogP contribution is -2.36. The van der Waals surface area contributed by atoms with Gasteiger partial charge in [0.2, 0.25) is 5.91 Å². The Balaban J connectivity index is 1.67. The number of ether oxygens (including phenoxy) is 2. The normalized spacial score (nSPS) is 14.5. The molecule has 1 aliphatic rings. The van der Waals surface area contributed by atoms with Crippen molar-refractivity contribution in [3.8, 4) is 5.75 Å². The van der Waals surface area contributed by atoms with Gasteiger partial charge in [-0.3, -0.25) is 4.79 Å². The van der Waals surface area contributed by atoms with Gasteiger partial charge >= 0.3 is 0 Å². The van der Waals surface area contributed by atoms with Crippen LogP contribution in [0, 0.1) is 0 Å². The van der Waals surface area contributed by atoms with Crippen molar-refractivity contribution in [2.45, 2.75) is 0 Å². The maximum atomic E-state index is 12.3. The van der Waals surface area contributed by atoms with Gasteiger partial charge in [-0.1, -0.05) is 24.3 Å². The lowest BCUT2D eigenvalue weighted by atomic mass is 10.2. The summed E-state index contributed by atoms with van der Waals surface area (Å²) in [6.45, 7) is 3.07. The van der Waals surface area contributed by atoms with Crippen molar-refractivity contribution in [3.63, 3.8) is 0 Å². The summed E-state index contributed by atoms with van der Waals surface area (Å²) in [5, 5.41) is 2.97. The molecule has 0 saturated carbocycles. The zero-order valence-electron chi connectivity index (χ0n) is 14.3. The summed E-state index contributed by atoms with van der Waals surface area (Å²) in [6.07, 6.45) is 3.32. The zero-order chi connectivity index (χ0) is 17.5. The molecule has 0 bridgehead atoms. The molecule has 1 heterocycles. The minimum Gasteiger partial charge on any atom is -0.497 e. The predicted octanol–water partition coefficient (Wildman–Crippen LogP) is 3.18. The van der Waals surface area contributed by atoms with Crippen molar-refractivity contribution in [2.24, 2.45) is 0 Å². The van der Waals surface area contributed by atoms with Crippen LogP contribution in [0.4, 0.5) is 11.4 Å². The van der Waals surface area contributed by atoms with E-state index in [0.717, 1.165) is 35.8 Å². The number of carbonyl (C=O) groups excluding carboxylic acids is 1. The van der Waals surface area contributed by atoms with Gasteiger partial charge in [0.15, 0.2) is 0 Å². The van der Waals surface area contributed by atoms with E-state index in [4.69, 9.17) is 9.47 Å². The number of carbonyl (C=O) groups is 1. The highest BCUT2D eigenvalue weighted by Crippen LogP contribution is 2.26. The molecule has 0 aromatic heterocycles. The fourth-order valence-corrected chi connectivity index (χ4v) is 2.72. The molecule has 0 unspecified atom stereocenters. The summed E-state index contributed by atoms with van der Waals surface area (Å²) in [6, 6.07) is 15.4. The number of hydrogen-bond acceptors (Lipinski definition) is 4. The molecule has 0 spiro atoms. The molecule has 1 amide bonds. The Labute approximate surface area is 147 Å². The average molecular weight is 338 g/mol. The standard InChI is InChI=1S/C20H22N2O3/c1-24-17-9-6-16(7-10-17)8-11-20(23)21-18-4-2-3-5-19(18)22-12-14-25-15-13-22/h2-11H,12-15H2,1H3,(H,21,23)/b11-8+. The SMILES string of the molecule is COc1ccc(/C=C/C(=O)Nc2ccccc2N2CCOCC2)cc1. The molecule has 1 aliphatic heterocycles. The van der Waals surface area contributed by atoms with E-state index >= 15 is 0 Å². The second kappa shape index (κ2) is 8.35. The summed E-state index contributed by atoms with van der Waals surface area (Å²) in [5.74, 6) is 0.637. The van der Waals surface area contributed by atoms with Gasteiger partial charge in [-0.2, -0.15) is 0 Å². The van der Waals surface area contributed by atoms with Gasteiger partial charge in [-0.05, 0) is 35.9 Å². The Bertz CT molecular complexity index is 735. The number of nitrogens with zero attached hydrogens (tertiary/aromatic N) is 1. The van der Waals surface area contributed by atoms with Crippen LogP contribution in [0.3, 0.4) is 0 Å². The third-order valence-electron chi connectivity index (χ3n) is 4.06. The van der Waals surface area contributed by atoms with Crippen molar-refractivity contribution in [1.82, 2.24) is 0 Å². The molecule has 1 N–H and O–H groups in total. The first-order valence-corrected chi connectivity index (χ1v) is 8.31. The Hall–Kier alpha value is -2.79. The Kier molecular flexibility index (Phi) is 5.69. The molecule has 130 valence electrons.